The molecule has 0 aromatic rings. The van der Waals surface area contributed by atoms with Crippen LogP contribution in [-0.4, -0.2) is 34.2 Å². The van der Waals surface area contributed by atoms with Gasteiger partial charge in [-0.2, -0.15) is 15.6 Å². The molecule has 1 aliphatic heterocycles. The van der Waals surface area contributed by atoms with Crippen LogP contribution in [0.4, 0.5) is 0 Å². The lowest BCUT2D eigenvalue weighted by Crippen LogP contribution is -2.27. The van der Waals surface area contributed by atoms with Gasteiger partial charge in [-0.1, -0.05) is 0 Å². The predicted octanol–water partition coefficient (Wildman–Crippen LogP) is 0.103. The summed E-state index contributed by atoms with van der Waals surface area (Å²) in [5.41, 5.74) is 0.520. The summed E-state index contributed by atoms with van der Waals surface area (Å²) in [6.45, 7) is -0.456. The zero-order chi connectivity index (χ0) is 12.8. The zero-order valence-electron chi connectivity index (χ0n) is 8.96. The average Bonchev–Trinajstić information content (AvgIpc) is 2.60. The van der Waals surface area contributed by atoms with Crippen molar-refractivity contribution in [3.05, 3.63) is 0 Å². The number of rotatable bonds is 5. The van der Waals surface area contributed by atoms with E-state index >= 15 is 0 Å². The Bertz CT molecular complexity index is 429. The lowest BCUT2D eigenvalue weighted by Gasteiger charge is -2.06. The van der Waals surface area contributed by atoms with Gasteiger partial charge in [0.25, 0.3) is 0 Å². The Morgan fingerprint density at radius 2 is 2.18 bits per heavy atom. The van der Waals surface area contributed by atoms with Crippen LogP contribution in [0.5, 0.6) is 0 Å². The fraction of sp³-hybridized carbons (Fsp3) is 0.500. The summed E-state index contributed by atoms with van der Waals surface area (Å²) < 4.78 is 0. The molecule has 1 aliphatic rings. The van der Waals surface area contributed by atoms with E-state index in [2.05, 4.69) is 5.10 Å². The van der Waals surface area contributed by atoms with Gasteiger partial charge in [0.05, 0.1) is 18.6 Å². The maximum atomic E-state index is 11.3. The lowest BCUT2D eigenvalue weighted by molar-refractivity contribution is -0.143. The Balaban J connectivity index is 2.52. The van der Waals surface area contributed by atoms with Gasteiger partial charge in [-0.05, 0) is 12.8 Å². The number of carbonyl (C=O) groups excluding carboxylic acids is 1. The van der Waals surface area contributed by atoms with Gasteiger partial charge in [0, 0.05) is 5.71 Å². The Hall–Kier alpha value is -2.41. The smallest absolute Gasteiger partial charge is 0.325 e. The number of aliphatic carboxylic acids is 1. The zero-order valence-corrected chi connectivity index (χ0v) is 8.96. The van der Waals surface area contributed by atoms with E-state index in [9.17, 15) is 9.59 Å². The highest BCUT2D eigenvalue weighted by Gasteiger charge is 2.25. The monoisotopic (exact) mass is 234 g/mol. The summed E-state index contributed by atoms with van der Waals surface area (Å²) >= 11 is 0. The number of amides is 1. The second kappa shape index (κ2) is 5.61. The molecule has 0 aromatic heterocycles. The number of carbonyl (C=O) groups is 2. The van der Waals surface area contributed by atoms with Crippen molar-refractivity contribution < 1.29 is 14.7 Å². The van der Waals surface area contributed by atoms with Gasteiger partial charge in [-0.15, -0.1) is 0 Å². The van der Waals surface area contributed by atoms with Crippen LogP contribution in [0.25, 0.3) is 0 Å². The normalized spacial score (nSPS) is 14.4. The Kier molecular flexibility index (Phi) is 4.18. The minimum Gasteiger partial charge on any atom is -0.480 e. The first kappa shape index (κ1) is 12.7. The summed E-state index contributed by atoms with van der Waals surface area (Å²) in [5, 5.41) is 30.4. The third kappa shape index (κ3) is 3.58. The second-order valence-corrected chi connectivity index (χ2v) is 3.54. The molecule has 1 N–H and O–H groups in total. The maximum Gasteiger partial charge on any atom is 0.325 e. The molecular weight excluding hydrogens is 224 g/mol. The van der Waals surface area contributed by atoms with Gasteiger partial charge >= 0.3 is 5.97 Å². The molecule has 0 spiro atoms. The molecule has 1 heterocycles. The summed E-state index contributed by atoms with van der Waals surface area (Å²) in [4.78, 5) is 21.7. The third-order valence-electron chi connectivity index (χ3n) is 2.22. The largest absolute Gasteiger partial charge is 0.480 e. The number of carboxylic acid groups (broad SMARTS) is 1. The molecule has 1 rings (SSSR count). The highest BCUT2D eigenvalue weighted by molar-refractivity contribution is 6.05. The predicted molar refractivity (Wildman–Crippen MR) is 55.4 cm³/mol. The van der Waals surface area contributed by atoms with E-state index in [1.807, 2.05) is 12.1 Å². The van der Waals surface area contributed by atoms with Crippen LogP contribution < -0.4 is 0 Å². The molecule has 0 saturated carbocycles. The summed E-state index contributed by atoms with van der Waals surface area (Å²) in [5.74, 6) is -2.22. The van der Waals surface area contributed by atoms with Gasteiger partial charge in [0.2, 0.25) is 5.91 Å². The van der Waals surface area contributed by atoms with Crippen molar-refractivity contribution in [1.82, 2.24) is 5.01 Å². The Labute approximate surface area is 97.5 Å². The van der Waals surface area contributed by atoms with Crippen molar-refractivity contribution in [1.29, 1.82) is 10.5 Å². The topological polar surface area (TPSA) is 118 Å². The van der Waals surface area contributed by atoms with E-state index in [1.165, 1.54) is 0 Å². The maximum absolute atomic E-state index is 11.3. The van der Waals surface area contributed by atoms with Crippen molar-refractivity contribution >= 4 is 17.6 Å². The van der Waals surface area contributed by atoms with Crippen molar-refractivity contribution in [2.24, 2.45) is 11.0 Å². The van der Waals surface area contributed by atoms with E-state index in [0.717, 1.165) is 5.01 Å². The van der Waals surface area contributed by atoms with Crippen molar-refractivity contribution in [3.63, 3.8) is 0 Å². The molecule has 7 nitrogen and oxygen atoms in total. The fourth-order valence-electron chi connectivity index (χ4n) is 1.39. The van der Waals surface area contributed by atoms with Gasteiger partial charge in [-0.25, -0.2) is 5.01 Å². The van der Waals surface area contributed by atoms with Crippen LogP contribution >= 0.6 is 0 Å². The van der Waals surface area contributed by atoms with Crippen LogP contribution in [0.3, 0.4) is 0 Å². The molecule has 17 heavy (non-hydrogen) atoms. The first-order valence-electron chi connectivity index (χ1n) is 4.94. The molecule has 1 amide bonds. The molecule has 0 fully saturated rings. The Morgan fingerprint density at radius 1 is 1.53 bits per heavy atom. The summed E-state index contributed by atoms with van der Waals surface area (Å²) in [6.07, 6.45) is 0.727. The number of nitriles is 2. The second-order valence-electron chi connectivity index (χ2n) is 3.54. The number of carboxylic acids is 1. The SMILES string of the molecule is N#CC(C#N)CCC1=NN(CC(=O)O)C(=O)C1. The molecule has 0 radical (unpaired) electrons. The Morgan fingerprint density at radius 3 is 2.71 bits per heavy atom. The standard InChI is InChI=1S/C10H10N4O3/c11-4-7(5-12)1-2-8-3-9(15)14(13-8)6-10(16)17/h7H,1-3,6H2,(H,16,17). The first-order valence-corrected chi connectivity index (χ1v) is 4.94. The van der Waals surface area contributed by atoms with Crippen LogP contribution in [0.1, 0.15) is 19.3 Å². The lowest BCUT2D eigenvalue weighted by atomic mass is 10.0. The first-order chi connectivity index (χ1) is 8.06. The molecule has 88 valence electrons. The van der Waals surface area contributed by atoms with E-state index in [4.69, 9.17) is 15.6 Å². The molecule has 7 heteroatoms. The van der Waals surface area contributed by atoms with Crippen LogP contribution in [0, 0.1) is 28.6 Å². The van der Waals surface area contributed by atoms with E-state index < -0.39 is 18.4 Å². The van der Waals surface area contributed by atoms with Crippen LogP contribution in [0.15, 0.2) is 5.10 Å². The number of hydrazone groups is 1. The molecule has 0 aliphatic carbocycles. The highest BCUT2D eigenvalue weighted by atomic mass is 16.4. The molecule has 0 aromatic carbocycles. The summed E-state index contributed by atoms with van der Waals surface area (Å²) in [7, 11) is 0. The summed E-state index contributed by atoms with van der Waals surface area (Å²) in [6, 6.07) is 3.64. The van der Waals surface area contributed by atoms with Crippen molar-refractivity contribution in [2.45, 2.75) is 19.3 Å². The van der Waals surface area contributed by atoms with E-state index in [0.29, 0.717) is 18.6 Å². The molecule has 0 atom stereocenters. The van der Waals surface area contributed by atoms with Crippen molar-refractivity contribution in [2.75, 3.05) is 6.54 Å². The van der Waals surface area contributed by atoms with Crippen molar-refractivity contribution in [3.8, 4) is 12.1 Å². The number of hydrogen-bond acceptors (Lipinski definition) is 5. The average molecular weight is 234 g/mol. The molecule has 0 saturated heterocycles. The van der Waals surface area contributed by atoms with Crippen LogP contribution in [0.2, 0.25) is 0 Å². The molecule has 0 bridgehead atoms. The van der Waals surface area contributed by atoms with Crippen LogP contribution in [-0.2, 0) is 9.59 Å². The van der Waals surface area contributed by atoms with E-state index in [1.54, 1.807) is 0 Å². The molecular formula is C10H10N4O3. The molecule has 0 unspecified atom stereocenters. The third-order valence-corrected chi connectivity index (χ3v) is 2.22. The van der Waals surface area contributed by atoms with Gasteiger partial charge in [0.1, 0.15) is 12.5 Å². The van der Waals surface area contributed by atoms with Gasteiger partial charge < -0.3 is 5.11 Å². The minimum absolute atomic E-state index is 0.0663. The quantitative estimate of drug-likeness (QED) is 0.723. The number of nitrogens with zero attached hydrogens (tertiary/aromatic N) is 4. The minimum atomic E-state index is -1.13. The van der Waals surface area contributed by atoms with Gasteiger partial charge in [0.15, 0.2) is 0 Å². The number of hydrogen-bond donors (Lipinski definition) is 1. The van der Waals surface area contributed by atoms with Gasteiger partial charge in [-0.3, -0.25) is 9.59 Å². The fourth-order valence-corrected chi connectivity index (χ4v) is 1.39. The highest BCUT2D eigenvalue weighted by Crippen LogP contribution is 2.14. The van der Waals surface area contributed by atoms with E-state index in [-0.39, 0.29) is 12.3 Å².